The van der Waals surface area contributed by atoms with Crippen LogP contribution in [0.5, 0.6) is 0 Å². The van der Waals surface area contributed by atoms with Crippen LogP contribution in [0.15, 0.2) is 12.4 Å². The second-order valence-corrected chi connectivity index (χ2v) is 4.36. The second-order valence-electron chi connectivity index (χ2n) is 4.36. The number of carbonyl (C=O) groups is 2. The number of aromatic amines is 1. The van der Waals surface area contributed by atoms with Crippen LogP contribution in [0.25, 0.3) is 0 Å². The van der Waals surface area contributed by atoms with Crippen molar-refractivity contribution in [2.75, 3.05) is 13.6 Å². The number of urea groups is 1. The van der Waals surface area contributed by atoms with E-state index in [0.29, 0.717) is 25.3 Å². The Kier molecular flexibility index (Phi) is 3.50. The number of nitrogens with one attached hydrogen (secondary N) is 1. The molecule has 2 rings (SSSR count). The summed E-state index contributed by atoms with van der Waals surface area (Å²) >= 11 is 0. The van der Waals surface area contributed by atoms with E-state index < -0.39 is 12.0 Å². The fourth-order valence-corrected chi connectivity index (χ4v) is 2.15. The maximum Gasteiger partial charge on any atom is 0.326 e. The van der Waals surface area contributed by atoms with Gasteiger partial charge in [0.15, 0.2) is 0 Å². The number of aliphatic carboxylic acids is 1. The van der Waals surface area contributed by atoms with Gasteiger partial charge < -0.3 is 19.9 Å². The predicted octanol–water partition coefficient (Wildman–Crippen LogP) is 0.510. The van der Waals surface area contributed by atoms with Crippen molar-refractivity contribution < 1.29 is 14.7 Å². The smallest absolute Gasteiger partial charge is 0.326 e. The highest BCUT2D eigenvalue weighted by atomic mass is 16.4. The predicted molar refractivity (Wildman–Crippen MR) is 62.8 cm³/mol. The molecule has 0 unspecified atom stereocenters. The van der Waals surface area contributed by atoms with E-state index in [9.17, 15) is 9.59 Å². The van der Waals surface area contributed by atoms with Gasteiger partial charge in [0.05, 0.1) is 6.54 Å². The third-order valence-electron chi connectivity index (χ3n) is 3.05. The second kappa shape index (κ2) is 5.07. The number of imidazole rings is 1. The first kappa shape index (κ1) is 12.4. The minimum Gasteiger partial charge on any atom is -0.480 e. The molecule has 1 saturated heterocycles. The molecule has 1 aromatic rings. The van der Waals surface area contributed by atoms with Crippen LogP contribution < -0.4 is 0 Å². The van der Waals surface area contributed by atoms with Crippen LogP contribution in [-0.4, -0.2) is 56.5 Å². The van der Waals surface area contributed by atoms with Gasteiger partial charge >= 0.3 is 12.0 Å². The van der Waals surface area contributed by atoms with Crippen LogP contribution in [0.2, 0.25) is 0 Å². The zero-order valence-corrected chi connectivity index (χ0v) is 10.2. The molecule has 98 valence electrons. The molecule has 0 aromatic carbocycles. The number of aromatic nitrogens is 2. The first-order chi connectivity index (χ1) is 8.59. The summed E-state index contributed by atoms with van der Waals surface area (Å²) in [6.45, 7) is 0.840. The van der Waals surface area contributed by atoms with Gasteiger partial charge in [0.25, 0.3) is 0 Å². The number of rotatable bonds is 3. The number of carbonyl (C=O) groups excluding carboxylic acids is 1. The van der Waals surface area contributed by atoms with E-state index in [2.05, 4.69) is 9.97 Å². The van der Waals surface area contributed by atoms with Crippen LogP contribution in [-0.2, 0) is 11.3 Å². The summed E-state index contributed by atoms with van der Waals surface area (Å²) in [4.78, 5) is 33.0. The highest BCUT2D eigenvalue weighted by Gasteiger charge is 2.35. The fraction of sp³-hybridized carbons (Fsp3) is 0.545. The number of likely N-dealkylation sites (tertiary alicyclic amines) is 1. The molecule has 1 fully saturated rings. The molecule has 2 N–H and O–H groups in total. The van der Waals surface area contributed by atoms with Crippen molar-refractivity contribution in [3.63, 3.8) is 0 Å². The molecule has 0 saturated carbocycles. The van der Waals surface area contributed by atoms with E-state index in [1.54, 1.807) is 19.4 Å². The molecule has 1 aliphatic heterocycles. The SMILES string of the molecule is CN(Cc1ncc[nH]1)C(=O)N1CCC[C@H]1C(=O)O. The number of hydrogen-bond donors (Lipinski definition) is 2. The van der Waals surface area contributed by atoms with Crippen molar-refractivity contribution in [3.05, 3.63) is 18.2 Å². The standard InChI is InChI=1S/C11H16N4O3/c1-14(7-9-12-4-5-13-9)11(18)15-6-2-3-8(15)10(16)17/h4-5,8H,2-3,6-7H2,1H3,(H,12,13)(H,16,17)/t8-/m0/s1. The van der Waals surface area contributed by atoms with Gasteiger partial charge in [-0.3, -0.25) is 0 Å². The number of nitrogens with zero attached hydrogens (tertiary/aromatic N) is 3. The Bertz CT molecular complexity index is 432. The minimum atomic E-state index is -0.938. The topological polar surface area (TPSA) is 89.5 Å². The number of carboxylic acids is 1. The van der Waals surface area contributed by atoms with Gasteiger partial charge in [-0.2, -0.15) is 0 Å². The Morgan fingerprint density at radius 2 is 2.44 bits per heavy atom. The summed E-state index contributed by atoms with van der Waals surface area (Å²) in [6, 6.07) is -0.965. The van der Waals surface area contributed by atoms with Crippen LogP contribution in [0.1, 0.15) is 18.7 Å². The fourth-order valence-electron chi connectivity index (χ4n) is 2.15. The summed E-state index contributed by atoms with van der Waals surface area (Å²) in [5.74, 6) is -0.260. The van der Waals surface area contributed by atoms with E-state index in [0.717, 1.165) is 6.42 Å². The van der Waals surface area contributed by atoms with E-state index in [1.165, 1.54) is 9.80 Å². The molecule has 7 heteroatoms. The summed E-state index contributed by atoms with van der Waals surface area (Å²) in [7, 11) is 1.64. The Hall–Kier alpha value is -2.05. The van der Waals surface area contributed by atoms with Gasteiger partial charge in [-0.1, -0.05) is 0 Å². The van der Waals surface area contributed by atoms with Crippen molar-refractivity contribution in [1.82, 2.24) is 19.8 Å². The van der Waals surface area contributed by atoms with Gasteiger partial charge in [0.1, 0.15) is 11.9 Å². The van der Waals surface area contributed by atoms with Crippen molar-refractivity contribution in [1.29, 1.82) is 0 Å². The molecule has 2 heterocycles. The van der Waals surface area contributed by atoms with Gasteiger partial charge in [0.2, 0.25) is 0 Å². The van der Waals surface area contributed by atoms with E-state index in [4.69, 9.17) is 5.11 Å². The molecule has 1 atom stereocenters. The summed E-state index contributed by atoms with van der Waals surface area (Å²) < 4.78 is 0. The van der Waals surface area contributed by atoms with Crippen molar-refractivity contribution >= 4 is 12.0 Å². The van der Waals surface area contributed by atoms with Crippen LogP contribution in [0.3, 0.4) is 0 Å². The lowest BCUT2D eigenvalue weighted by Gasteiger charge is -2.27. The van der Waals surface area contributed by atoms with Crippen LogP contribution in [0.4, 0.5) is 4.79 Å². The van der Waals surface area contributed by atoms with Crippen molar-refractivity contribution in [3.8, 4) is 0 Å². The average molecular weight is 252 g/mol. The molecule has 0 bridgehead atoms. The largest absolute Gasteiger partial charge is 0.480 e. The van der Waals surface area contributed by atoms with Gasteiger partial charge in [-0.05, 0) is 12.8 Å². The lowest BCUT2D eigenvalue weighted by Crippen LogP contribution is -2.46. The zero-order valence-electron chi connectivity index (χ0n) is 10.2. The third-order valence-corrected chi connectivity index (χ3v) is 3.05. The normalized spacial score (nSPS) is 18.9. The van der Waals surface area contributed by atoms with Crippen LogP contribution in [0, 0.1) is 0 Å². The van der Waals surface area contributed by atoms with Crippen molar-refractivity contribution in [2.45, 2.75) is 25.4 Å². The van der Waals surface area contributed by atoms with Crippen LogP contribution >= 0.6 is 0 Å². The summed E-state index contributed by atoms with van der Waals surface area (Å²) in [5.41, 5.74) is 0. The molecule has 1 aliphatic rings. The molecule has 0 radical (unpaired) electrons. The highest BCUT2D eigenvalue weighted by molar-refractivity contribution is 5.83. The van der Waals surface area contributed by atoms with Crippen molar-refractivity contribution in [2.24, 2.45) is 0 Å². The van der Waals surface area contributed by atoms with Gasteiger partial charge in [-0.25, -0.2) is 14.6 Å². The first-order valence-electron chi connectivity index (χ1n) is 5.82. The van der Waals surface area contributed by atoms with Gasteiger partial charge in [-0.15, -0.1) is 0 Å². The molecule has 1 aromatic heterocycles. The molecular formula is C11H16N4O3. The quantitative estimate of drug-likeness (QED) is 0.820. The summed E-state index contributed by atoms with van der Waals surface area (Å²) in [5, 5.41) is 9.04. The summed E-state index contributed by atoms with van der Waals surface area (Å²) in [6.07, 6.45) is 4.56. The Morgan fingerprint density at radius 3 is 3.06 bits per heavy atom. The number of hydrogen-bond acceptors (Lipinski definition) is 3. The maximum absolute atomic E-state index is 12.1. The highest BCUT2D eigenvalue weighted by Crippen LogP contribution is 2.19. The average Bonchev–Trinajstić information content (AvgIpc) is 2.97. The molecule has 18 heavy (non-hydrogen) atoms. The third kappa shape index (κ3) is 2.44. The molecular weight excluding hydrogens is 236 g/mol. The monoisotopic (exact) mass is 252 g/mol. The molecule has 7 nitrogen and oxygen atoms in total. The Balaban J connectivity index is 1.99. The molecule has 0 aliphatic carbocycles. The zero-order chi connectivity index (χ0) is 13.1. The Morgan fingerprint density at radius 1 is 1.67 bits per heavy atom. The molecule has 0 spiro atoms. The van der Waals surface area contributed by atoms with E-state index in [-0.39, 0.29) is 6.03 Å². The Labute approximate surface area is 104 Å². The number of carboxylic acid groups (broad SMARTS) is 1. The maximum atomic E-state index is 12.1. The first-order valence-corrected chi connectivity index (χ1v) is 5.82. The number of H-pyrrole nitrogens is 1. The van der Waals surface area contributed by atoms with E-state index in [1.807, 2.05) is 0 Å². The minimum absolute atomic E-state index is 0.267. The van der Waals surface area contributed by atoms with Gasteiger partial charge in [0, 0.05) is 26.0 Å². The van der Waals surface area contributed by atoms with E-state index >= 15 is 0 Å². The lowest BCUT2D eigenvalue weighted by atomic mass is 10.2. The molecule has 2 amide bonds. The lowest BCUT2D eigenvalue weighted by molar-refractivity contribution is -0.141. The number of amides is 2.